The SMILES string of the molecule is CC(C)(C)c1ccc(O)c(C2C=CC=CC2)c1. The maximum absolute atomic E-state index is 9.99. The first-order valence-corrected chi connectivity index (χ1v) is 6.15. The summed E-state index contributed by atoms with van der Waals surface area (Å²) in [5.41, 5.74) is 2.43. The van der Waals surface area contributed by atoms with Crippen LogP contribution in [0, 0.1) is 0 Å². The highest BCUT2D eigenvalue weighted by molar-refractivity contribution is 5.43. The number of hydrogen-bond acceptors (Lipinski definition) is 1. The van der Waals surface area contributed by atoms with Crippen LogP contribution >= 0.6 is 0 Å². The van der Waals surface area contributed by atoms with Gasteiger partial charge in [0.15, 0.2) is 0 Å². The second-order valence-corrected chi connectivity index (χ2v) is 5.68. The van der Waals surface area contributed by atoms with Crippen LogP contribution in [0.1, 0.15) is 44.2 Å². The summed E-state index contributed by atoms with van der Waals surface area (Å²) >= 11 is 0. The Kier molecular flexibility index (Phi) is 3.10. The Morgan fingerprint density at radius 2 is 1.94 bits per heavy atom. The van der Waals surface area contributed by atoms with Gasteiger partial charge in [-0.2, -0.15) is 0 Å². The van der Waals surface area contributed by atoms with Gasteiger partial charge < -0.3 is 5.11 Å². The molecule has 1 aromatic rings. The van der Waals surface area contributed by atoms with Crippen molar-refractivity contribution in [3.8, 4) is 5.75 Å². The first kappa shape index (κ1) is 12.0. The van der Waals surface area contributed by atoms with Crippen LogP contribution in [0.2, 0.25) is 0 Å². The summed E-state index contributed by atoms with van der Waals surface area (Å²) in [5, 5.41) is 9.99. The lowest BCUT2D eigenvalue weighted by Crippen LogP contribution is -2.12. The number of benzene rings is 1. The molecule has 0 aliphatic heterocycles. The van der Waals surface area contributed by atoms with Crippen LogP contribution in [0.3, 0.4) is 0 Å². The molecule has 1 aromatic carbocycles. The Balaban J connectivity index is 2.39. The van der Waals surface area contributed by atoms with Crippen molar-refractivity contribution in [2.75, 3.05) is 0 Å². The molecule has 0 saturated heterocycles. The molecular weight excluding hydrogens is 208 g/mol. The smallest absolute Gasteiger partial charge is 0.119 e. The van der Waals surface area contributed by atoms with Crippen molar-refractivity contribution in [3.63, 3.8) is 0 Å². The minimum atomic E-state index is 0.122. The normalized spacial score (nSPS) is 19.6. The Bertz CT molecular complexity index is 461. The van der Waals surface area contributed by atoms with Crippen LogP contribution in [0.15, 0.2) is 42.5 Å². The zero-order valence-electron chi connectivity index (χ0n) is 10.8. The highest BCUT2D eigenvalue weighted by Gasteiger charge is 2.18. The van der Waals surface area contributed by atoms with Crippen molar-refractivity contribution in [2.24, 2.45) is 0 Å². The molecule has 0 spiro atoms. The van der Waals surface area contributed by atoms with Crippen molar-refractivity contribution in [2.45, 2.75) is 38.5 Å². The summed E-state index contributed by atoms with van der Waals surface area (Å²) in [6, 6.07) is 5.98. The molecule has 0 aromatic heterocycles. The predicted molar refractivity (Wildman–Crippen MR) is 72.4 cm³/mol. The Morgan fingerprint density at radius 1 is 1.18 bits per heavy atom. The van der Waals surface area contributed by atoms with Gasteiger partial charge >= 0.3 is 0 Å². The summed E-state index contributed by atoms with van der Waals surface area (Å²) in [5.74, 6) is 0.713. The van der Waals surface area contributed by atoms with Gasteiger partial charge in [0.25, 0.3) is 0 Å². The van der Waals surface area contributed by atoms with E-state index in [2.05, 4.69) is 51.1 Å². The summed E-state index contributed by atoms with van der Waals surface area (Å²) in [6.07, 6.45) is 9.38. The lowest BCUT2D eigenvalue weighted by Gasteiger charge is -2.22. The molecule has 2 rings (SSSR count). The van der Waals surface area contributed by atoms with E-state index in [1.807, 2.05) is 12.1 Å². The number of phenols is 1. The van der Waals surface area contributed by atoms with Crippen LogP contribution in [-0.4, -0.2) is 5.11 Å². The number of hydrogen-bond donors (Lipinski definition) is 1. The fourth-order valence-electron chi connectivity index (χ4n) is 2.13. The molecule has 0 saturated carbocycles. The zero-order chi connectivity index (χ0) is 12.5. The molecule has 0 radical (unpaired) electrons. The highest BCUT2D eigenvalue weighted by Crippen LogP contribution is 2.35. The van der Waals surface area contributed by atoms with Gasteiger partial charge in [-0.3, -0.25) is 0 Å². The molecule has 90 valence electrons. The van der Waals surface area contributed by atoms with Gasteiger partial charge in [-0.05, 0) is 23.5 Å². The molecule has 1 nitrogen and oxygen atoms in total. The Labute approximate surface area is 103 Å². The summed E-state index contributed by atoms with van der Waals surface area (Å²) in [7, 11) is 0. The lowest BCUT2D eigenvalue weighted by atomic mass is 9.83. The molecular formula is C16H20O. The standard InChI is InChI=1S/C16H20O/c1-16(2,3)13-9-10-15(17)14(11-13)12-7-5-4-6-8-12/h4-7,9-12,17H,8H2,1-3H3. The molecule has 0 heterocycles. The molecule has 0 bridgehead atoms. The van der Waals surface area contributed by atoms with Gasteiger partial charge in [-0.15, -0.1) is 0 Å². The van der Waals surface area contributed by atoms with E-state index in [1.54, 1.807) is 0 Å². The van der Waals surface area contributed by atoms with E-state index in [0.717, 1.165) is 12.0 Å². The molecule has 1 heteroatoms. The second kappa shape index (κ2) is 4.40. The van der Waals surface area contributed by atoms with Crippen LogP contribution < -0.4 is 0 Å². The third-order valence-corrected chi connectivity index (χ3v) is 3.27. The molecule has 17 heavy (non-hydrogen) atoms. The zero-order valence-corrected chi connectivity index (χ0v) is 10.8. The first-order chi connectivity index (χ1) is 7.98. The molecule has 1 atom stereocenters. The van der Waals surface area contributed by atoms with E-state index in [1.165, 1.54) is 5.56 Å². The van der Waals surface area contributed by atoms with Crippen molar-refractivity contribution in [3.05, 3.63) is 53.6 Å². The minimum absolute atomic E-state index is 0.122. The van der Waals surface area contributed by atoms with Gasteiger partial charge in [0.1, 0.15) is 5.75 Å². The van der Waals surface area contributed by atoms with Gasteiger partial charge in [-0.25, -0.2) is 0 Å². The van der Waals surface area contributed by atoms with Gasteiger partial charge in [-0.1, -0.05) is 57.2 Å². The first-order valence-electron chi connectivity index (χ1n) is 6.15. The van der Waals surface area contributed by atoms with E-state index >= 15 is 0 Å². The van der Waals surface area contributed by atoms with Crippen molar-refractivity contribution < 1.29 is 5.11 Å². The van der Waals surface area contributed by atoms with Crippen LogP contribution in [0.4, 0.5) is 0 Å². The molecule has 1 aliphatic carbocycles. The fraction of sp³-hybridized carbons (Fsp3) is 0.375. The third kappa shape index (κ3) is 2.60. The van der Waals surface area contributed by atoms with E-state index in [4.69, 9.17) is 0 Å². The summed E-state index contributed by atoms with van der Waals surface area (Å²) in [6.45, 7) is 6.58. The van der Waals surface area contributed by atoms with Crippen molar-refractivity contribution >= 4 is 0 Å². The van der Waals surface area contributed by atoms with E-state index in [0.29, 0.717) is 11.7 Å². The van der Waals surface area contributed by atoms with Crippen LogP contribution in [0.25, 0.3) is 0 Å². The topological polar surface area (TPSA) is 20.2 Å². The van der Waals surface area contributed by atoms with Gasteiger partial charge in [0, 0.05) is 11.5 Å². The molecule has 1 unspecified atom stereocenters. The largest absolute Gasteiger partial charge is 0.508 e. The highest BCUT2D eigenvalue weighted by atomic mass is 16.3. The van der Waals surface area contributed by atoms with Gasteiger partial charge in [0.05, 0.1) is 0 Å². The van der Waals surface area contributed by atoms with E-state index < -0.39 is 0 Å². The molecule has 0 amide bonds. The maximum atomic E-state index is 9.99. The Hall–Kier alpha value is -1.50. The molecule has 0 fully saturated rings. The average molecular weight is 228 g/mol. The minimum Gasteiger partial charge on any atom is -0.508 e. The monoisotopic (exact) mass is 228 g/mol. The third-order valence-electron chi connectivity index (χ3n) is 3.27. The number of allylic oxidation sites excluding steroid dienone is 4. The number of rotatable bonds is 1. The summed E-state index contributed by atoms with van der Waals surface area (Å²) < 4.78 is 0. The van der Waals surface area contributed by atoms with Crippen LogP contribution in [-0.2, 0) is 5.41 Å². The van der Waals surface area contributed by atoms with Crippen LogP contribution in [0.5, 0.6) is 5.75 Å². The van der Waals surface area contributed by atoms with Crippen molar-refractivity contribution in [1.29, 1.82) is 0 Å². The Morgan fingerprint density at radius 3 is 2.53 bits per heavy atom. The number of phenolic OH excluding ortho intramolecular Hbond substituents is 1. The van der Waals surface area contributed by atoms with Crippen molar-refractivity contribution in [1.82, 2.24) is 0 Å². The molecule has 1 N–H and O–H groups in total. The number of aromatic hydroxyl groups is 1. The van der Waals surface area contributed by atoms with E-state index in [9.17, 15) is 5.11 Å². The molecule has 1 aliphatic rings. The van der Waals surface area contributed by atoms with E-state index in [-0.39, 0.29) is 5.41 Å². The second-order valence-electron chi connectivity index (χ2n) is 5.68. The quantitative estimate of drug-likeness (QED) is 0.760. The lowest BCUT2D eigenvalue weighted by molar-refractivity contribution is 0.463. The predicted octanol–water partition coefficient (Wildman–Crippen LogP) is 4.29. The van der Waals surface area contributed by atoms with Gasteiger partial charge in [0.2, 0.25) is 0 Å². The maximum Gasteiger partial charge on any atom is 0.119 e. The summed E-state index contributed by atoms with van der Waals surface area (Å²) in [4.78, 5) is 0. The fourth-order valence-corrected chi connectivity index (χ4v) is 2.13. The average Bonchev–Trinajstić information content (AvgIpc) is 2.29.